The van der Waals surface area contributed by atoms with E-state index < -0.39 is 0 Å². The molecule has 2 aromatic heterocycles. The number of nitrogens with zero attached hydrogens (tertiary/aromatic N) is 3. The molecule has 132 valence electrons. The second kappa shape index (κ2) is 7.45. The number of pyridine rings is 1. The quantitative estimate of drug-likeness (QED) is 0.736. The summed E-state index contributed by atoms with van der Waals surface area (Å²) in [6, 6.07) is 9.75. The lowest BCUT2D eigenvalue weighted by molar-refractivity contribution is 0.0857. The molecule has 7 nitrogen and oxygen atoms in total. The molecule has 1 saturated heterocycles. The molecule has 1 fully saturated rings. The summed E-state index contributed by atoms with van der Waals surface area (Å²) in [4.78, 5) is 25.0. The maximum absolute atomic E-state index is 12.2. The average molecular weight is 349 g/mol. The first-order chi connectivity index (χ1) is 12.8. The third-order valence-corrected chi connectivity index (χ3v) is 4.31. The number of carbonyl (C=O) groups excluding carboxylic acids is 1. The van der Waals surface area contributed by atoms with Crippen molar-refractivity contribution in [3.63, 3.8) is 0 Å². The van der Waals surface area contributed by atoms with E-state index in [2.05, 4.69) is 25.6 Å². The minimum absolute atomic E-state index is 0.111. The number of para-hydroxylation sites is 1. The maximum Gasteiger partial charge on any atom is 0.254 e. The standard InChI is InChI=1S/C19H19N5O2/c25-18(21-12-15-6-3-9-26-15)14-10-22-19(23-11-14)24-16-7-1-4-13-5-2-8-20-17(13)16/h1-2,4-5,7-8,10-11,15H,3,6,9,12H2,(H,21,25)(H,22,23,24). The number of nitrogens with one attached hydrogen (secondary N) is 2. The first kappa shape index (κ1) is 16.4. The first-order valence-corrected chi connectivity index (χ1v) is 8.62. The second-order valence-electron chi connectivity index (χ2n) is 6.15. The van der Waals surface area contributed by atoms with E-state index in [1.54, 1.807) is 6.20 Å². The number of amides is 1. The predicted molar refractivity (Wildman–Crippen MR) is 98.4 cm³/mol. The lowest BCUT2D eigenvalue weighted by Crippen LogP contribution is -2.31. The summed E-state index contributed by atoms with van der Waals surface area (Å²) >= 11 is 0. The fourth-order valence-corrected chi connectivity index (χ4v) is 2.95. The fourth-order valence-electron chi connectivity index (χ4n) is 2.95. The van der Waals surface area contributed by atoms with Crippen molar-refractivity contribution in [2.75, 3.05) is 18.5 Å². The Labute approximate surface area is 150 Å². The number of aromatic nitrogens is 3. The molecule has 7 heteroatoms. The Morgan fingerprint density at radius 3 is 2.81 bits per heavy atom. The minimum atomic E-state index is -0.195. The number of fused-ring (bicyclic) bond motifs is 1. The zero-order valence-electron chi connectivity index (χ0n) is 14.2. The Kier molecular flexibility index (Phi) is 4.70. The van der Waals surface area contributed by atoms with Crippen LogP contribution in [0.25, 0.3) is 10.9 Å². The lowest BCUT2D eigenvalue weighted by atomic mass is 10.2. The van der Waals surface area contributed by atoms with E-state index in [-0.39, 0.29) is 12.0 Å². The lowest BCUT2D eigenvalue weighted by Gasteiger charge is -2.11. The number of anilines is 2. The van der Waals surface area contributed by atoms with E-state index >= 15 is 0 Å². The number of rotatable bonds is 5. The van der Waals surface area contributed by atoms with E-state index in [4.69, 9.17) is 4.74 Å². The summed E-state index contributed by atoms with van der Waals surface area (Å²) in [6.45, 7) is 1.29. The molecule has 3 aromatic rings. The SMILES string of the molecule is O=C(NCC1CCCO1)c1cnc(Nc2cccc3cccnc23)nc1. The van der Waals surface area contributed by atoms with E-state index in [9.17, 15) is 4.79 Å². The van der Waals surface area contributed by atoms with Crippen molar-refractivity contribution in [1.82, 2.24) is 20.3 Å². The number of hydrogen-bond donors (Lipinski definition) is 2. The molecule has 2 N–H and O–H groups in total. The van der Waals surface area contributed by atoms with E-state index in [0.717, 1.165) is 36.0 Å². The zero-order chi connectivity index (χ0) is 17.8. The van der Waals surface area contributed by atoms with Crippen molar-refractivity contribution in [3.05, 3.63) is 54.5 Å². The van der Waals surface area contributed by atoms with Gasteiger partial charge in [-0.2, -0.15) is 0 Å². The molecule has 1 aliphatic rings. The second-order valence-corrected chi connectivity index (χ2v) is 6.15. The van der Waals surface area contributed by atoms with Crippen LogP contribution in [0, 0.1) is 0 Å². The highest BCUT2D eigenvalue weighted by Crippen LogP contribution is 2.22. The predicted octanol–water partition coefficient (Wildman–Crippen LogP) is 2.68. The Bertz CT molecular complexity index is 902. The van der Waals surface area contributed by atoms with Gasteiger partial charge in [0.15, 0.2) is 0 Å². The number of ether oxygens (including phenoxy) is 1. The Balaban J connectivity index is 1.43. The third-order valence-electron chi connectivity index (χ3n) is 4.31. The minimum Gasteiger partial charge on any atom is -0.376 e. The van der Waals surface area contributed by atoms with Crippen LogP contribution in [0.1, 0.15) is 23.2 Å². The maximum atomic E-state index is 12.2. The first-order valence-electron chi connectivity index (χ1n) is 8.62. The van der Waals surface area contributed by atoms with Crippen LogP contribution in [0.2, 0.25) is 0 Å². The van der Waals surface area contributed by atoms with Gasteiger partial charge in [0.05, 0.1) is 22.9 Å². The van der Waals surface area contributed by atoms with Crippen LogP contribution >= 0.6 is 0 Å². The van der Waals surface area contributed by atoms with Crippen LogP contribution < -0.4 is 10.6 Å². The van der Waals surface area contributed by atoms with Gasteiger partial charge in [-0.25, -0.2) is 9.97 Å². The Hall–Kier alpha value is -3.06. The average Bonchev–Trinajstić information content (AvgIpc) is 3.21. The van der Waals surface area contributed by atoms with Crippen molar-refractivity contribution in [1.29, 1.82) is 0 Å². The molecular weight excluding hydrogens is 330 g/mol. The van der Waals surface area contributed by atoms with Crippen molar-refractivity contribution >= 4 is 28.4 Å². The molecule has 1 aromatic carbocycles. The Morgan fingerprint density at radius 2 is 2.00 bits per heavy atom. The third kappa shape index (κ3) is 3.62. The van der Waals surface area contributed by atoms with Crippen LogP contribution in [-0.2, 0) is 4.74 Å². The summed E-state index contributed by atoms with van der Waals surface area (Å²) in [7, 11) is 0. The highest BCUT2D eigenvalue weighted by atomic mass is 16.5. The van der Waals surface area contributed by atoms with Crippen LogP contribution in [0.3, 0.4) is 0 Å². The Morgan fingerprint density at radius 1 is 1.15 bits per heavy atom. The number of carbonyl (C=O) groups is 1. The molecule has 26 heavy (non-hydrogen) atoms. The van der Waals surface area contributed by atoms with Crippen molar-refractivity contribution < 1.29 is 9.53 Å². The summed E-state index contributed by atoms with van der Waals surface area (Å²) in [6.07, 6.45) is 6.92. The number of benzene rings is 1. The van der Waals surface area contributed by atoms with Gasteiger partial charge in [0.1, 0.15) is 0 Å². The molecule has 1 aliphatic heterocycles. The van der Waals surface area contributed by atoms with Crippen molar-refractivity contribution in [3.8, 4) is 0 Å². The molecule has 0 bridgehead atoms. The van der Waals surface area contributed by atoms with Gasteiger partial charge < -0.3 is 15.4 Å². The number of hydrogen-bond acceptors (Lipinski definition) is 6. The van der Waals surface area contributed by atoms with Gasteiger partial charge in [0, 0.05) is 37.1 Å². The molecule has 0 spiro atoms. The van der Waals surface area contributed by atoms with Gasteiger partial charge in [-0.05, 0) is 25.0 Å². The molecule has 0 radical (unpaired) electrons. The van der Waals surface area contributed by atoms with E-state index in [1.165, 1.54) is 12.4 Å². The monoisotopic (exact) mass is 349 g/mol. The molecule has 1 unspecified atom stereocenters. The van der Waals surface area contributed by atoms with Gasteiger partial charge in [-0.1, -0.05) is 18.2 Å². The summed E-state index contributed by atoms with van der Waals surface area (Å²) in [5, 5.41) is 7.04. The van der Waals surface area contributed by atoms with Crippen LogP contribution in [-0.4, -0.2) is 40.1 Å². The van der Waals surface area contributed by atoms with Gasteiger partial charge in [-0.3, -0.25) is 9.78 Å². The normalized spacial score (nSPS) is 16.5. The van der Waals surface area contributed by atoms with Crippen molar-refractivity contribution in [2.24, 2.45) is 0 Å². The molecular formula is C19H19N5O2. The molecule has 0 saturated carbocycles. The topological polar surface area (TPSA) is 89.0 Å². The summed E-state index contributed by atoms with van der Waals surface area (Å²) in [5.41, 5.74) is 2.08. The highest BCUT2D eigenvalue weighted by molar-refractivity contribution is 5.94. The molecule has 0 aliphatic carbocycles. The largest absolute Gasteiger partial charge is 0.376 e. The summed E-state index contributed by atoms with van der Waals surface area (Å²) < 4.78 is 5.50. The van der Waals surface area contributed by atoms with Gasteiger partial charge >= 0.3 is 0 Å². The zero-order valence-corrected chi connectivity index (χ0v) is 14.2. The smallest absolute Gasteiger partial charge is 0.254 e. The molecule has 1 atom stereocenters. The van der Waals surface area contributed by atoms with Crippen LogP contribution in [0.5, 0.6) is 0 Å². The van der Waals surface area contributed by atoms with Crippen LogP contribution in [0.4, 0.5) is 11.6 Å². The van der Waals surface area contributed by atoms with Crippen molar-refractivity contribution in [2.45, 2.75) is 18.9 Å². The van der Waals surface area contributed by atoms with Gasteiger partial charge in [0.25, 0.3) is 5.91 Å². The fraction of sp³-hybridized carbons (Fsp3) is 0.263. The molecule has 3 heterocycles. The molecule has 4 rings (SSSR count). The summed E-state index contributed by atoms with van der Waals surface area (Å²) in [5.74, 6) is 0.220. The van der Waals surface area contributed by atoms with E-state index in [0.29, 0.717) is 18.1 Å². The van der Waals surface area contributed by atoms with Gasteiger partial charge in [-0.15, -0.1) is 0 Å². The highest BCUT2D eigenvalue weighted by Gasteiger charge is 2.17. The molecule has 1 amide bonds. The van der Waals surface area contributed by atoms with Crippen LogP contribution in [0.15, 0.2) is 48.9 Å². The van der Waals surface area contributed by atoms with Gasteiger partial charge in [0.2, 0.25) is 5.95 Å². The van der Waals surface area contributed by atoms with E-state index in [1.807, 2.05) is 30.3 Å².